The van der Waals surface area contributed by atoms with Gasteiger partial charge in [-0.15, -0.1) is 0 Å². The number of methoxy groups -OCH3 is 2. The lowest BCUT2D eigenvalue weighted by Crippen LogP contribution is -2.43. The summed E-state index contributed by atoms with van der Waals surface area (Å²) in [6, 6.07) is 7.15. The average Bonchev–Trinajstić information content (AvgIpc) is 3.35. The summed E-state index contributed by atoms with van der Waals surface area (Å²) in [5.41, 5.74) is 2.20. The molecule has 1 amide bonds. The van der Waals surface area contributed by atoms with Crippen molar-refractivity contribution in [2.24, 2.45) is 0 Å². The van der Waals surface area contributed by atoms with Gasteiger partial charge in [0.1, 0.15) is 0 Å². The van der Waals surface area contributed by atoms with Gasteiger partial charge in [0.15, 0.2) is 15.5 Å². The third kappa shape index (κ3) is 6.27. The number of carbonyl (C=O) groups is 1. The molecule has 1 aromatic carbocycles. The molecule has 0 N–H and O–H groups in total. The second-order valence-electron chi connectivity index (χ2n) is 10.7. The first-order valence-electron chi connectivity index (χ1n) is 14.2. The molecular weight excluding hydrogens is 534 g/mol. The van der Waals surface area contributed by atoms with Gasteiger partial charge in [0, 0.05) is 71.2 Å². The molecule has 0 saturated carbocycles. The maximum absolute atomic E-state index is 13.7. The first-order chi connectivity index (χ1) is 19.4. The second kappa shape index (κ2) is 13.1. The number of ether oxygens (including phenoxy) is 3. The number of hydrogen-bond donors (Lipinski definition) is 0. The number of morpholine rings is 1. The Morgan fingerprint density at radius 2 is 1.80 bits per heavy atom. The molecule has 12 heteroatoms. The molecule has 220 valence electrons. The molecule has 2 fully saturated rings. The van der Waals surface area contributed by atoms with Crippen LogP contribution < -0.4 is 0 Å². The average molecular weight is 576 g/mol. The summed E-state index contributed by atoms with van der Waals surface area (Å²) < 4.78 is 44.6. The highest BCUT2D eigenvalue weighted by atomic mass is 32.2. The molecule has 0 radical (unpaired) electrons. The Kier molecular flexibility index (Phi) is 9.54. The van der Waals surface area contributed by atoms with Crippen molar-refractivity contribution >= 4 is 15.7 Å². The van der Waals surface area contributed by atoms with Crippen LogP contribution in [0.2, 0.25) is 0 Å². The summed E-state index contributed by atoms with van der Waals surface area (Å²) >= 11 is 0. The van der Waals surface area contributed by atoms with Gasteiger partial charge in [-0.2, -0.15) is 5.10 Å². The normalized spacial score (nSPS) is 20.9. The van der Waals surface area contributed by atoms with Crippen molar-refractivity contribution in [2.45, 2.75) is 29.5 Å². The Labute approximate surface area is 236 Å². The van der Waals surface area contributed by atoms with E-state index < -0.39 is 9.84 Å². The highest BCUT2D eigenvalue weighted by molar-refractivity contribution is 7.90. The van der Waals surface area contributed by atoms with Gasteiger partial charge >= 0.3 is 0 Å². The first-order valence-corrected chi connectivity index (χ1v) is 15.8. The van der Waals surface area contributed by atoms with E-state index in [2.05, 4.69) is 9.80 Å². The van der Waals surface area contributed by atoms with Gasteiger partial charge in [-0.05, 0) is 25.5 Å². The van der Waals surface area contributed by atoms with Crippen LogP contribution in [0.1, 0.15) is 34.9 Å². The minimum atomic E-state index is -3.59. The van der Waals surface area contributed by atoms with Gasteiger partial charge in [0.2, 0.25) is 0 Å². The lowest BCUT2D eigenvalue weighted by atomic mass is 10.0. The van der Waals surface area contributed by atoms with Gasteiger partial charge in [0.05, 0.1) is 48.8 Å². The molecule has 0 spiro atoms. The lowest BCUT2D eigenvalue weighted by Gasteiger charge is -2.35. The maximum atomic E-state index is 13.7. The molecule has 4 heterocycles. The second-order valence-corrected chi connectivity index (χ2v) is 12.7. The van der Waals surface area contributed by atoms with Crippen molar-refractivity contribution in [3.8, 4) is 11.3 Å². The topological polar surface area (TPSA) is 106 Å². The van der Waals surface area contributed by atoms with Gasteiger partial charge in [-0.25, -0.2) is 8.42 Å². The van der Waals surface area contributed by atoms with Crippen molar-refractivity contribution in [1.29, 1.82) is 0 Å². The summed E-state index contributed by atoms with van der Waals surface area (Å²) in [7, 11) is -0.153. The van der Waals surface area contributed by atoms with Crippen LogP contribution in [0, 0.1) is 0 Å². The van der Waals surface area contributed by atoms with Crippen molar-refractivity contribution in [3.05, 3.63) is 35.5 Å². The van der Waals surface area contributed by atoms with Crippen molar-refractivity contribution < 1.29 is 27.4 Å². The number of sulfone groups is 1. The van der Waals surface area contributed by atoms with Gasteiger partial charge < -0.3 is 19.1 Å². The van der Waals surface area contributed by atoms with Crippen LogP contribution in [-0.2, 0) is 29.8 Å². The van der Waals surface area contributed by atoms with Crippen LogP contribution in [-0.4, -0.2) is 132 Å². The molecule has 5 rings (SSSR count). The van der Waals surface area contributed by atoms with E-state index in [1.165, 1.54) is 0 Å². The van der Waals surface area contributed by atoms with Crippen LogP contribution in [0.4, 0.5) is 0 Å². The summed E-state index contributed by atoms with van der Waals surface area (Å²) in [5.74, 6) is -0.428. The van der Waals surface area contributed by atoms with Crippen LogP contribution >= 0.6 is 0 Å². The Morgan fingerprint density at radius 3 is 2.52 bits per heavy atom. The van der Waals surface area contributed by atoms with Crippen LogP contribution in [0.5, 0.6) is 0 Å². The molecule has 2 aromatic rings. The molecule has 2 saturated heterocycles. The zero-order chi connectivity index (χ0) is 28.1. The summed E-state index contributed by atoms with van der Waals surface area (Å²) in [5, 5.41) is 4.92. The van der Waals surface area contributed by atoms with Gasteiger partial charge in [0.25, 0.3) is 5.91 Å². The number of aromatic nitrogens is 2. The SMILES string of the molecule is COCCN(CCOC)CCN1CCC[C@H](n2nc(C(=O)N3CCOCC3)c3c2-c2ccccc2S(=O)(=O)C3)C1. The third-order valence-corrected chi connectivity index (χ3v) is 9.80. The van der Waals surface area contributed by atoms with E-state index >= 15 is 0 Å². The number of likely N-dealkylation sites (tertiary alicyclic amines) is 1. The molecule has 1 atom stereocenters. The minimum Gasteiger partial charge on any atom is -0.383 e. The molecule has 40 heavy (non-hydrogen) atoms. The Morgan fingerprint density at radius 1 is 1.07 bits per heavy atom. The fourth-order valence-corrected chi connectivity index (χ4v) is 7.53. The summed E-state index contributed by atoms with van der Waals surface area (Å²) in [4.78, 5) is 20.5. The van der Waals surface area contributed by atoms with E-state index in [0.29, 0.717) is 55.5 Å². The summed E-state index contributed by atoms with van der Waals surface area (Å²) in [6.45, 7) is 8.53. The van der Waals surface area contributed by atoms with Crippen molar-refractivity contribution in [2.75, 3.05) is 93.0 Å². The van der Waals surface area contributed by atoms with Crippen molar-refractivity contribution in [1.82, 2.24) is 24.5 Å². The van der Waals surface area contributed by atoms with E-state index in [1.807, 2.05) is 16.8 Å². The molecule has 3 aliphatic rings. The number of fused-ring (bicyclic) bond motifs is 3. The largest absolute Gasteiger partial charge is 0.383 e. The standard InChI is InChI=1S/C28H41N5O6S/c1-37-16-12-30(13-17-38-2)10-11-31-9-5-6-22(20-31)33-27-23-7-3-4-8-25(23)40(35,36)21-24(27)26(29-33)28(34)32-14-18-39-19-15-32/h3-4,7-8,22H,5-6,9-21H2,1-2H3/t22-/m0/s1. The highest BCUT2D eigenvalue weighted by Crippen LogP contribution is 2.41. The van der Waals surface area contributed by atoms with Gasteiger partial charge in [-0.3, -0.25) is 19.3 Å². The summed E-state index contributed by atoms with van der Waals surface area (Å²) in [6.07, 6.45) is 1.92. The van der Waals surface area contributed by atoms with Crippen LogP contribution in [0.25, 0.3) is 11.3 Å². The van der Waals surface area contributed by atoms with Gasteiger partial charge in [-0.1, -0.05) is 18.2 Å². The monoisotopic (exact) mass is 575 g/mol. The van der Waals surface area contributed by atoms with E-state index in [9.17, 15) is 13.2 Å². The molecular formula is C28H41N5O6S. The molecule has 0 aliphatic carbocycles. The molecule has 1 aromatic heterocycles. The number of nitrogens with zero attached hydrogens (tertiary/aromatic N) is 5. The fraction of sp³-hybridized carbons (Fsp3) is 0.643. The number of carbonyl (C=O) groups excluding carboxylic acids is 1. The van der Waals surface area contributed by atoms with E-state index in [1.54, 1.807) is 31.3 Å². The number of amides is 1. The van der Waals surface area contributed by atoms with E-state index in [0.717, 1.165) is 57.8 Å². The minimum absolute atomic E-state index is 0.0361. The molecule has 3 aliphatic heterocycles. The first kappa shape index (κ1) is 29.2. The predicted octanol–water partition coefficient (Wildman–Crippen LogP) is 1.54. The number of hydrogen-bond acceptors (Lipinski definition) is 9. The number of rotatable bonds is 11. The van der Waals surface area contributed by atoms with E-state index in [4.69, 9.17) is 19.3 Å². The Hall–Kier alpha value is -2.35. The quantitative estimate of drug-likeness (QED) is 0.394. The zero-order valence-corrected chi connectivity index (χ0v) is 24.4. The Balaban J connectivity index is 1.43. The Bertz CT molecular complexity index is 1270. The number of benzene rings is 1. The smallest absolute Gasteiger partial charge is 0.274 e. The van der Waals surface area contributed by atoms with E-state index in [-0.39, 0.29) is 23.4 Å². The maximum Gasteiger partial charge on any atom is 0.274 e. The molecule has 11 nitrogen and oxygen atoms in total. The highest BCUT2D eigenvalue weighted by Gasteiger charge is 2.38. The zero-order valence-electron chi connectivity index (χ0n) is 23.6. The fourth-order valence-electron chi connectivity index (χ4n) is 5.94. The number of piperidine rings is 1. The lowest BCUT2D eigenvalue weighted by molar-refractivity contribution is 0.0297. The predicted molar refractivity (Wildman–Crippen MR) is 150 cm³/mol. The molecule has 0 unspecified atom stereocenters. The van der Waals surface area contributed by atoms with Crippen LogP contribution in [0.15, 0.2) is 29.2 Å². The third-order valence-electron chi connectivity index (χ3n) is 8.10. The van der Waals surface area contributed by atoms with Crippen molar-refractivity contribution in [3.63, 3.8) is 0 Å². The molecule has 0 bridgehead atoms. The van der Waals surface area contributed by atoms with Crippen LogP contribution in [0.3, 0.4) is 0 Å².